The Morgan fingerprint density at radius 1 is 1.35 bits per heavy atom. The van der Waals surface area contributed by atoms with E-state index in [9.17, 15) is 0 Å². The maximum atomic E-state index is 8.93. The van der Waals surface area contributed by atoms with E-state index in [1.165, 1.54) is 0 Å². The van der Waals surface area contributed by atoms with Gasteiger partial charge in [-0.15, -0.1) is 0 Å². The summed E-state index contributed by atoms with van der Waals surface area (Å²) in [4.78, 5) is 4.50. The Labute approximate surface area is 102 Å². The van der Waals surface area contributed by atoms with E-state index in [-0.39, 0.29) is 12.6 Å². The summed E-state index contributed by atoms with van der Waals surface area (Å²) in [5, 5.41) is 13.5. The van der Waals surface area contributed by atoms with Gasteiger partial charge in [0.2, 0.25) is 0 Å². The number of pyridine rings is 1. The zero-order valence-electron chi connectivity index (χ0n) is 10.3. The van der Waals surface area contributed by atoms with Crippen molar-refractivity contribution >= 4 is 16.6 Å². The predicted octanol–water partition coefficient (Wildman–Crippen LogP) is 2.73. The first-order valence-electron chi connectivity index (χ1n) is 5.94. The van der Waals surface area contributed by atoms with Crippen LogP contribution in [-0.4, -0.2) is 22.7 Å². The molecule has 3 nitrogen and oxygen atoms in total. The molecule has 3 heteroatoms. The fraction of sp³-hybridized carbons (Fsp3) is 0.357. The summed E-state index contributed by atoms with van der Waals surface area (Å²) < 4.78 is 0. The molecule has 0 unspecified atom stereocenters. The van der Waals surface area contributed by atoms with Crippen LogP contribution >= 0.6 is 0 Å². The van der Waals surface area contributed by atoms with Crippen molar-refractivity contribution < 1.29 is 5.11 Å². The number of para-hydroxylation sites is 1. The summed E-state index contributed by atoms with van der Waals surface area (Å²) in [6.45, 7) is 4.27. The van der Waals surface area contributed by atoms with Gasteiger partial charge in [0.1, 0.15) is 0 Å². The van der Waals surface area contributed by atoms with Crippen molar-refractivity contribution in [2.45, 2.75) is 26.3 Å². The average Bonchev–Trinajstić information content (AvgIpc) is 2.29. The largest absolute Gasteiger partial charge is 0.396 e. The molecule has 2 rings (SSSR count). The Balaban J connectivity index is 2.38. The molecule has 90 valence electrons. The van der Waals surface area contributed by atoms with Crippen LogP contribution in [0.1, 0.15) is 19.0 Å². The lowest BCUT2D eigenvalue weighted by atomic mass is 10.1. The van der Waals surface area contributed by atoms with E-state index in [1.54, 1.807) is 0 Å². The molecule has 0 aliphatic carbocycles. The molecule has 0 amide bonds. The Kier molecular flexibility index (Phi) is 3.59. The zero-order chi connectivity index (χ0) is 12.3. The van der Waals surface area contributed by atoms with Crippen LogP contribution in [0.2, 0.25) is 0 Å². The van der Waals surface area contributed by atoms with Crippen LogP contribution in [0.5, 0.6) is 0 Å². The molecule has 1 aromatic heterocycles. The molecule has 0 spiro atoms. The lowest BCUT2D eigenvalue weighted by molar-refractivity contribution is 0.282. The standard InChI is InChI=1S/C14H18N2O/c1-10(7-8-17)15-14-9-11(2)16-13-6-4-3-5-12(13)14/h3-6,9-10,17H,7-8H2,1-2H3,(H,15,16)/t10-/m1/s1. The fourth-order valence-electron chi connectivity index (χ4n) is 1.96. The molecular formula is C14H18N2O. The van der Waals surface area contributed by atoms with Crippen LogP contribution in [0.3, 0.4) is 0 Å². The predicted molar refractivity (Wildman–Crippen MR) is 71.3 cm³/mol. The summed E-state index contributed by atoms with van der Waals surface area (Å²) in [6.07, 6.45) is 0.746. The van der Waals surface area contributed by atoms with Crippen molar-refractivity contribution in [3.05, 3.63) is 36.0 Å². The van der Waals surface area contributed by atoms with Gasteiger partial charge < -0.3 is 10.4 Å². The molecule has 1 heterocycles. The minimum absolute atomic E-state index is 0.205. The van der Waals surface area contributed by atoms with Crippen molar-refractivity contribution in [3.8, 4) is 0 Å². The normalized spacial score (nSPS) is 12.6. The molecule has 2 aromatic rings. The second-order valence-electron chi connectivity index (χ2n) is 4.39. The van der Waals surface area contributed by atoms with Gasteiger partial charge in [-0.1, -0.05) is 18.2 Å². The summed E-state index contributed by atoms with van der Waals surface area (Å²) in [7, 11) is 0. The van der Waals surface area contributed by atoms with E-state index >= 15 is 0 Å². The van der Waals surface area contributed by atoms with Gasteiger partial charge in [0.15, 0.2) is 0 Å². The van der Waals surface area contributed by atoms with Gasteiger partial charge in [0, 0.05) is 29.4 Å². The summed E-state index contributed by atoms with van der Waals surface area (Å²) in [6, 6.07) is 10.4. The van der Waals surface area contributed by atoms with Crippen molar-refractivity contribution in [1.29, 1.82) is 0 Å². The van der Waals surface area contributed by atoms with Crippen LogP contribution in [-0.2, 0) is 0 Å². The van der Waals surface area contributed by atoms with Crippen molar-refractivity contribution in [2.75, 3.05) is 11.9 Å². The van der Waals surface area contributed by atoms with Gasteiger partial charge in [-0.3, -0.25) is 4.98 Å². The van der Waals surface area contributed by atoms with Gasteiger partial charge in [-0.05, 0) is 32.4 Å². The number of rotatable bonds is 4. The van der Waals surface area contributed by atoms with E-state index in [2.05, 4.69) is 29.4 Å². The second-order valence-corrected chi connectivity index (χ2v) is 4.39. The molecule has 0 bridgehead atoms. The number of aliphatic hydroxyl groups is 1. The van der Waals surface area contributed by atoms with Crippen LogP contribution in [0, 0.1) is 6.92 Å². The third kappa shape index (κ3) is 2.74. The molecule has 1 atom stereocenters. The maximum absolute atomic E-state index is 8.93. The first kappa shape index (κ1) is 11.9. The Morgan fingerprint density at radius 2 is 2.12 bits per heavy atom. The minimum atomic E-state index is 0.205. The number of nitrogens with one attached hydrogen (secondary N) is 1. The third-order valence-corrected chi connectivity index (χ3v) is 2.81. The van der Waals surface area contributed by atoms with E-state index in [0.29, 0.717) is 0 Å². The first-order valence-corrected chi connectivity index (χ1v) is 5.94. The lowest BCUT2D eigenvalue weighted by Crippen LogP contribution is -2.16. The fourth-order valence-corrected chi connectivity index (χ4v) is 1.96. The number of hydrogen-bond donors (Lipinski definition) is 2. The van der Waals surface area contributed by atoms with Gasteiger partial charge >= 0.3 is 0 Å². The summed E-state index contributed by atoms with van der Waals surface area (Å²) >= 11 is 0. The molecule has 0 saturated carbocycles. The monoisotopic (exact) mass is 230 g/mol. The van der Waals surface area contributed by atoms with Crippen LogP contribution < -0.4 is 5.32 Å². The average molecular weight is 230 g/mol. The van der Waals surface area contributed by atoms with Gasteiger partial charge in [-0.25, -0.2) is 0 Å². The number of benzene rings is 1. The number of aromatic nitrogens is 1. The summed E-state index contributed by atoms with van der Waals surface area (Å²) in [5.41, 5.74) is 3.10. The molecule has 0 aliphatic rings. The second kappa shape index (κ2) is 5.15. The number of aliphatic hydroxyl groups excluding tert-OH is 1. The van der Waals surface area contributed by atoms with Gasteiger partial charge in [0.05, 0.1) is 5.52 Å². The number of hydrogen-bond acceptors (Lipinski definition) is 3. The highest BCUT2D eigenvalue weighted by molar-refractivity contribution is 5.91. The Bertz CT molecular complexity index is 511. The SMILES string of the molecule is Cc1cc(N[C@H](C)CCO)c2ccccc2n1. The Hall–Kier alpha value is -1.61. The highest BCUT2D eigenvalue weighted by atomic mass is 16.3. The molecule has 2 N–H and O–H groups in total. The van der Waals surface area contributed by atoms with E-state index < -0.39 is 0 Å². The quantitative estimate of drug-likeness (QED) is 0.849. The molecule has 0 saturated heterocycles. The third-order valence-electron chi connectivity index (χ3n) is 2.81. The topological polar surface area (TPSA) is 45.1 Å². The van der Waals surface area contributed by atoms with Crippen LogP contribution in [0.4, 0.5) is 5.69 Å². The van der Waals surface area contributed by atoms with E-state index in [1.807, 2.05) is 25.1 Å². The van der Waals surface area contributed by atoms with E-state index in [0.717, 1.165) is 28.7 Å². The first-order chi connectivity index (χ1) is 8.20. The summed E-state index contributed by atoms with van der Waals surface area (Å²) in [5.74, 6) is 0. The number of anilines is 1. The van der Waals surface area contributed by atoms with Crippen LogP contribution in [0.25, 0.3) is 10.9 Å². The molecular weight excluding hydrogens is 212 g/mol. The van der Waals surface area contributed by atoms with Crippen molar-refractivity contribution in [1.82, 2.24) is 4.98 Å². The maximum Gasteiger partial charge on any atom is 0.0725 e. The van der Waals surface area contributed by atoms with Crippen molar-refractivity contribution in [2.24, 2.45) is 0 Å². The molecule has 0 aliphatic heterocycles. The molecule has 1 aromatic carbocycles. The highest BCUT2D eigenvalue weighted by Crippen LogP contribution is 2.23. The zero-order valence-corrected chi connectivity index (χ0v) is 10.3. The smallest absolute Gasteiger partial charge is 0.0725 e. The molecule has 0 fully saturated rings. The van der Waals surface area contributed by atoms with Crippen molar-refractivity contribution in [3.63, 3.8) is 0 Å². The molecule has 17 heavy (non-hydrogen) atoms. The van der Waals surface area contributed by atoms with E-state index in [4.69, 9.17) is 5.11 Å². The Morgan fingerprint density at radius 3 is 2.88 bits per heavy atom. The van der Waals surface area contributed by atoms with Crippen LogP contribution in [0.15, 0.2) is 30.3 Å². The van der Waals surface area contributed by atoms with Gasteiger partial charge in [0.25, 0.3) is 0 Å². The minimum Gasteiger partial charge on any atom is -0.396 e. The highest BCUT2D eigenvalue weighted by Gasteiger charge is 2.06. The lowest BCUT2D eigenvalue weighted by Gasteiger charge is -2.16. The molecule has 0 radical (unpaired) electrons. The number of fused-ring (bicyclic) bond motifs is 1. The number of aryl methyl sites for hydroxylation is 1. The van der Waals surface area contributed by atoms with Gasteiger partial charge in [-0.2, -0.15) is 0 Å². The number of nitrogens with zero attached hydrogens (tertiary/aromatic N) is 1.